The van der Waals surface area contributed by atoms with Crippen molar-refractivity contribution in [3.8, 4) is 0 Å². The molecule has 0 amide bonds. The van der Waals surface area contributed by atoms with Crippen LogP contribution >= 0.6 is 0 Å². The summed E-state index contributed by atoms with van der Waals surface area (Å²) in [7, 11) is -0.313. The van der Waals surface area contributed by atoms with Crippen LogP contribution in [0.4, 0.5) is 0 Å². The van der Waals surface area contributed by atoms with Gasteiger partial charge in [0.05, 0.1) is 7.11 Å². The third-order valence-corrected chi connectivity index (χ3v) is 17.5. The molecule has 7 unspecified atom stereocenters. The number of hydrogen-bond donors (Lipinski definition) is 0. The molecule has 4 fully saturated rings. The van der Waals surface area contributed by atoms with Crippen LogP contribution in [-0.2, 0) is 14.0 Å². The fourth-order valence-corrected chi connectivity index (χ4v) is 11.1. The number of ether oxygens (including phenoxy) is 1. The highest BCUT2D eigenvalue weighted by molar-refractivity contribution is 6.74. The minimum absolute atomic E-state index is 0.0475. The minimum Gasteiger partial charge on any atom is -0.469 e. The highest BCUT2D eigenvalue weighted by atomic mass is 28.4. The van der Waals surface area contributed by atoms with Crippen molar-refractivity contribution in [3.63, 3.8) is 0 Å². The normalized spacial score (nSPS) is 43.8. The molecule has 0 aromatic rings. The van der Waals surface area contributed by atoms with Crippen LogP contribution in [0.5, 0.6) is 0 Å². The van der Waals surface area contributed by atoms with E-state index in [9.17, 15) is 4.79 Å². The summed E-state index contributed by atoms with van der Waals surface area (Å²) in [5, 5.41) is 0.259. The molecule has 0 aliphatic heterocycles. The summed E-state index contributed by atoms with van der Waals surface area (Å²) in [6.45, 7) is 22.4. The van der Waals surface area contributed by atoms with Gasteiger partial charge in [0, 0.05) is 12.5 Å². The molecule has 4 saturated carbocycles. The zero-order chi connectivity index (χ0) is 26.7. The highest BCUT2D eigenvalue weighted by Gasteiger charge is 2.63. The van der Waals surface area contributed by atoms with Crippen molar-refractivity contribution < 1.29 is 14.0 Å². The second kappa shape index (κ2) is 9.99. The van der Waals surface area contributed by atoms with E-state index in [0.717, 1.165) is 41.9 Å². The Morgan fingerprint density at radius 3 is 2.25 bits per heavy atom. The number of carbonyl (C=O) groups excluding carboxylic acids is 1. The predicted octanol–water partition coefficient (Wildman–Crippen LogP) is 8.87. The van der Waals surface area contributed by atoms with Crippen LogP contribution in [-0.4, -0.2) is 27.5 Å². The molecule has 0 bridgehead atoms. The van der Waals surface area contributed by atoms with Gasteiger partial charge in [0.2, 0.25) is 0 Å². The number of hydrogen-bond acceptors (Lipinski definition) is 3. The Kier molecular flexibility index (Phi) is 7.95. The van der Waals surface area contributed by atoms with Gasteiger partial charge in [-0.3, -0.25) is 4.79 Å². The third kappa shape index (κ3) is 4.89. The summed E-state index contributed by atoms with van der Waals surface area (Å²) in [5.74, 6) is 5.37. The molecule has 4 aliphatic rings. The second-order valence-corrected chi connectivity index (χ2v) is 20.6. The lowest BCUT2D eigenvalue weighted by atomic mass is 9.43. The number of methoxy groups -OCH3 is 1. The van der Waals surface area contributed by atoms with Crippen LogP contribution in [0.1, 0.15) is 113 Å². The molecule has 36 heavy (non-hydrogen) atoms. The lowest BCUT2D eigenvalue weighted by Gasteiger charge is -2.64. The Labute approximate surface area is 224 Å². The summed E-state index contributed by atoms with van der Waals surface area (Å²) < 4.78 is 12.4. The van der Waals surface area contributed by atoms with Gasteiger partial charge in [-0.25, -0.2) is 0 Å². The fraction of sp³-hybridized carbons (Fsp3) is 0.969. The van der Waals surface area contributed by atoms with E-state index < -0.39 is 8.32 Å². The molecule has 0 saturated heterocycles. The Bertz CT molecular complexity index is 802. The van der Waals surface area contributed by atoms with Crippen molar-refractivity contribution >= 4 is 14.3 Å². The van der Waals surface area contributed by atoms with E-state index in [1.54, 1.807) is 0 Å². The van der Waals surface area contributed by atoms with Crippen LogP contribution in [0.25, 0.3) is 0 Å². The first-order chi connectivity index (χ1) is 16.6. The average molecular weight is 519 g/mol. The largest absolute Gasteiger partial charge is 0.469 e. The summed E-state index contributed by atoms with van der Waals surface area (Å²) in [4.78, 5) is 11.9. The van der Waals surface area contributed by atoms with Gasteiger partial charge in [-0.2, -0.15) is 0 Å². The maximum absolute atomic E-state index is 11.9. The molecule has 0 aromatic heterocycles. The lowest BCUT2D eigenvalue weighted by molar-refractivity contribution is -0.161. The summed E-state index contributed by atoms with van der Waals surface area (Å²) in [5.41, 5.74) is 0.863. The van der Waals surface area contributed by atoms with E-state index in [-0.39, 0.29) is 11.0 Å². The molecule has 208 valence electrons. The summed E-state index contributed by atoms with van der Waals surface area (Å²) >= 11 is 0. The van der Waals surface area contributed by atoms with Gasteiger partial charge in [0.15, 0.2) is 8.32 Å². The van der Waals surface area contributed by atoms with Crippen molar-refractivity contribution in [2.45, 2.75) is 137 Å². The molecular formula is C32H58O3Si. The standard InChI is InChI=1S/C32H58O3Si/c1-21-15-17-32(7)26-16-18-31(6)24(22(2)11-14-29(33)34-8)12-13-25(31)23(26)20-28(27(32)19-21)35-36(9,10)30(3,4)5/h21-28H,11-20H2,1-10H3/t21-,22?,23?,24?,25?,26?,27+,28+,31?,32?/m1/s1. The molecule has 4 aliphatic carbocycles. The second-order valence-electron chi connectivity index (χ2n) is 15.8. The van der Waals surface area contributed by atoms with Crippen molar-refractivity contribution in [2.24, 2.45) is 52.3 Å². The first-order valence-electron chi connectivity index (χ1n) is 15.4. The van der Waals surface area contributed by atoms with Gasteiger partial charge in [-0.05, 0) is 122 Å². The van der Waals surface area contributed by atoms with Crippen molar-refractivity contribution in [3.05, 3.63) is 0 Å². The van der Waals surface area contributed by atoms with Gasteiger partial charge in [-0.15, -0.1) is 0 Å². The zero-order valence-electron chi connectivity index (χ0n) is 25.4. The molecule has 10 atom stereocenters. The molecule has 0 N–H and O–H groups in total. The Morgan fingerprint density at radius 2 is 1.61 bits per heavy atom. The summed E-state index contributed by atoms with van der Waals surface area (Å²) in [6, 6.07) is 0. The molecule has 0 spiro atoms. The van der Waals surface area contributed by atoms with E-state index in [2.05, 4.69) is 61.6 Å². The van der Waals surface area contributed by atoms with Crippen molar-refractivity contribution in [1.82, 2.24) is 0 Å². The molecular weight excluding hydrogens is 460 g/mol. The Balaban J connectivity index is 1.60. The number of rotatable bonds is 6. The lowest BCUT2D eigenvalue weighted by Crippen LogP contribution is -2.60. The average Bonchev–Trinajstić information content (AvgIpc) is 3.14. The predicted molar refractivity (Wildman–Crippen MR) is 152 cm³/mol. The van der Waals surface area contributed by atoms with Gasteiger partial charge >= 0.3 is 5.97 Å². The van der Waals surface area contributed by atoms with Crippen LogP contribution in [0.3, 0.4) is 0 Å². The van der Waals surface area contributed by atoms with Gasteiger partial charge in [-0.1, -0.05) is 54.9 Å². The molecule has 4 rings (SSSR count). The maximum atomic E-state index is 11.9. The van der Waals surface area contributed by atoms with E-state index in [0.29, 0.717) is 29.3 Å². The fourth-order valence-electron chi connectivity index (χ4n) is 9.78. The molecule has 0 aromatic carbocycles. The van der Waals surface area contributed by atoms with E-state index >= 15 is 0 Å². The van der Waals surface area contributed by atoms with E-state index in [4.69, 9.17) is 9.16 Å². The number of carbonyl (C=O) groups is 1. The van der Waals surface area contributed by atoms with E-state index in [1.807, 2.05) is 0 Å². The first kappa shape index (κ1) is 28.6. The Hall–Kier alpha value is -0.353. The number of esters is 1. The highest BCUT2D eigenvalue weighted by Crippen LogP contribution is 2.69. The van der Waals surface area contributed by atoms with Crippen LogP contribution in [0.15, 0.2) is 0 Å². The smallest absolute Gasteiger partial charge is 0.305 e. The monoisotopic (exact) mass is 518 g/mol. The van der Waals surface area contributed by atoms with Gasteiger partial charge in [0.1, 0.15) is 0 Å². The molecule has 0 heterocycles. The third-order valence-electron chi connectivity index (χ3n) is 13.0. The van der Waals surface area contributed by atoms with Crippen LogP contribution in [0, 0.1) is 52.3 Å². The quantitative estimate of drug-likeness (QED) is 0.260. The molecule has 4 heteroatoms. The first-order valence-corrected chi connectivity index (χ1v) is 18.3. The molecule has 0 radical (unpaired) electrons. The van der Waals surface area contributed by atoms with Crippen LogP contribution in [0.2, 0.25) is 18.1 Å². The molecule has 3 nitrogen and oxygen atoms in total. The Morgan fingerprint density at radius 1 is 0.972 bits per heavy atom. The van der Waals surface area contributed by atoms with E-state index in [1.165, 1.54) is 58.5 Å². The SMILES string of the molecule is COC(=O)CCC(C)C1CCC2C3C[C@H](O[Si](C)(C)C(C)(C)C)[C@@H]4C[C@H](C)CCC4(C)C3CCC12C. The van der Waals surface area contributed by atoms with Crippen LogP contribution < -0.4 is 0 Å². The van der Waals surface area contributed by atoms with Gasteiger partial charge in [0.25, 0.3) is 0 Å². The van der Waals surface area contributed by atoms with Gasteiger partial charge < -0.3 is 9.16 Å². The zero-order valence-corrected chi connectivity index (χ0v) is 26.4. The van der Waals surface area contributed by atoms with Crippen molar-refractivity contribution in [1.29, 1.82) is 0 Å². The van der Waals surface area contributed by atoms with Crippen molar-refractivity contribution in [2.75, 3.05) is 7.11 Å². The maximum Gasteiger partial charge on any atom is 0.305 e. The summed E-state index contributed by atoms with van der Waals surface area (Å²) in [6.07, 6.45) is 13.0. The topological polar surface area (TPSA) is 35.5 Å². The number of fused-ring (bicyclic) bond motifs is 5. The minimum atomic E-state index is -1.83.